The Morgan fingerprint density at radius 1 is 0.963 bits per heavy atom. The van der Waals surface area contributed by atoms with E-state index in [-0.39, 0.29) is 18.3 Å². The second-order valence-corrected chi connectivity index (χ2v) is 7.74. The third-order valence-corrected chi connectivity index (χ3v) is 5.82. The maximum absolute atomic E-state index is 6.40. The van der Waals surface area contributed by atoms with Gasteiger partial charge in [-0.1, -0.05) is 67.6 Å². The fourth-order valence-electron chi connectivity index (χ4n) is 4.60. The molecule has 5 atom stereocenters. The fourth-order valence-corrected chi connectivity index (χ4v) is 4.60. The zero-order valence-electron chi connectivity index (χ0n) is 16.0. The van der Waals surface area contributed by atoms with Crippen LogP contribution in [0.4, 0.5) is 0 Å². The summed E-state index contributed by atoms with van der Waals surface area (Å²) in [4.78, 5) is 0. The van der Waals surface area contributed by atoms with Crippen LogP contribution in [0.1, 0.15) is 24.5 Å². The number of hydrogen-bond donors (Lipinski definition) is 0. The van der Waals surface area contributed by atoms with E-state index in [9.17, 15) is 0 Å². The van der Waals surface area contributed by atoms with Gasteiger partial charge in [-0.25, -0.2) is 0 Å². The van der Waals surface area contributed by atoms with E-state index < -0.39 is 5.60 Å². The van der Waals surface area contributed by atoms with Crippen molar-refractivity contribution >= 4 is 0 Å². The molecule has 1 aliphatic carbocycles. The number of fused-ring (bicyclic) bond motifs is 2. The summed E-state index contributed by atoms with van der Waals surface area (Å²) in [5, 5.41) is 0. The van der Waals surface area contributed by atoms with Gasteiger partial charge < -0.3 is 18.9 Å². The normalized spacial score (nSPS) is 32.1. The number of rotatable bonds is 8. The van der Waals surface area contributed by atoms with Crippen molar-refractivity contribution < 1.29 is 18.9 Å². The van der Waals surface area contributed by atoms with E-state index in [1.807, 2.05) is 36.4 Å². The number of hydrogen-bond acceptors (Lipinski definition) is 4. The van der Waals surface area contributed by atoms with E-state index in [4.69, 9.17) is 18.9 Å². The summed E-state index contributed by atoms with van der Waals surface area (Å²) in [5.41, 5.74) is 1.90. The van der Waals surface area contributed by atoms with Crippen molar-refractivity contribution in [3.8, 4) is 0 Å². The zero-order valence-corrected chi connectivity index (χ0v) is 16.0. The van der Waals surface area contributed by atoms with Crippen LogP contribution in [0, 0.1) is 11.8 Å². The van der Waals surface area contributed by atoms with Gasteiger partial charge in [-0.3, -0.25) is 0 Å². The van der Waals surface area contributed by atoms with Crippen molar-refractivity contribution in [1.82, 2.24) is 0 Å². The lowest BCUT2D eigenvalue weighted by Crippen LogP contribution is -2.43. The second-order valence-electron chi connectivity index (χ2n) is 7.74. The molecule has 2 aromatic rings. The molecular formula is C23H28O4. The maximum atomic E-state index is 6.40. The van der Waals surface area contributed by atoms with Crippen LogP contribution in [-0.2, 0) is 32.2 Å². The van der Waals surface area contributed by atoms with E-state index in [1.54, 1.807) is 7.11 Å². The van der Waals surface area contributed by atoms with E-state index in [2.05, 4.69) is 31.2 Å². The fraction of sp³-hybridized carbons (Fsp3) is 0.478. The van der Waals surface area contributed by atoms with Crippen molar-refractivity contribution in [3.63, 3.8) is 0 Å². The Hall–Kier alpha value is -1.72. The number of benzene rings is 2. The van der Waals surface area contributed by atoms with Gasteiger partial charge in [-0.15, -0.1) is 0 Å². The Balaban J connectivity index is 1.45. The molecule has 0 amide bonds. The van der Waals surface area contributed by atoms with Gasteiger partial charge in [0.25, 0.3) is 0 Å². The molecule has 0 unspecified atom stereocenters. The first-order valence-electron chi connectivity index (χ1n) is 9.70. The highest BCUT2D eigenvalue weighted by atomic mass is 16.7. The molecule has 0 spiro atoms. The molecule has 4 rings (SSSR count). The summed E-state index contributed by atoms with van der Waals surface area (Å²) in [5.74, 6) is 0.712. The molecule has 27 heavy (non-hydrogen) atoms. The Bertz CT molecular complexity index is 720. The predicted molar refractivity (Wildman–Crippen MR) is 103 cm³/mol. The van der Waals surface area contributed by atoms with Crippen LogP contribution in [0.2, 0.25) is 0 Å². The topological polar surface area (TPSA) is 36.9 Å². The molecule has 0 radical (unpaired) electrons. The molecule has 2 fully saturated rings. The van der Waals surface area contributed by atoms with Crippen LogP contribution in [-0.4, -0.2) is 31.7 Å². The summed E-state index contributed by atoms with van der Waals surface area (Å²) in [7, 11) is 1.71. The van der Waals surface area contributed by atoms with E-state index in [1.165, 1.54) is 11.1 Å². The summed E-state index contributed by atoms with van der Waals surface area (Å²) in [6, 6.07) is 20.5. The highest BCUT2D eigenvalue weighted by Crippen LogP contribution is 2.53. The van der Waals surface area contributed by atoms with E-state index in [0.717, 1.165) is 6.42 Å². The van der Waals surface area contributed by atoms with Gasteiger partial charge in [0.15, 0.2) is 6.29 Å². The van der Waals surface area contributed by atoms with Gasteiger partial charge in [-0.05, 0) is 23.5 Å². The third kappa shape index (κ3) is 3.81. The van der Waals surface area contributed by atoms with Gasteiger partial charge in [0, 0.05) is 13.0 Å². The Morgan fingerprint density at radius 3 is 2.22 bits per heavy atom. The molecule has 4 heteroatoms. The molecule has 2 aromatic carbocycles. The molecule has 1 saturated heterocycles. The standard InChI is InChI=1S/C23H28O4/c1-17-13-23(16-25-14-18-9-5-3-6-10-18)21(20(17)22(24-2)27-23)26-15-19-11-7-4-8-12-19/h3-12,17,20-22H,13-16H2,1-2H3/t17-,20-,21+,22-,23-/m1/s1. The van der Waals surface area contributed by atoms with Crippen molar-refractivity contribution in [1.29, 1.82) is 0 Å². The molecule has 144 valence electrons. The first-order valence-corrected chi connectivity index (χ1v) is 9.70. The number of methoxy groups -OCH3 is 1. The third-order valence-electron chi connectivity index (χ3n) is 5.82. The predicted octanol–water partition coefficient (Wildman–Crippen LogP) is 4.19. The van der Waals surface area contributed by atoms with Crippen molar-refractivity contribution in [2.45, 2.75) is 44.6 Å². The average molecular weight is 368 g/mol. The highest BCUT2D eigenvalue weighted by molar-refractivity contribution is 5.16. The smallest absolute Gasteiger partial charge is 0.163 e. The van der Waals surface area contributed by atoms with Crippen LogP contribution in [0.25, 0.3) is 0 Å². The van der Waals surface area contributed by atoms with Crippen molar-refractivity contribution in [2.24, 2.45) is 11.8 Å². The molecule has 1 saturated carbocycles. The summed E-state index contributed by atoms with van der Waals surface area (Å²) in [6.07, 6.45) is 0.689. The molecule has 4 nitrogen and oxygen atoms in total. The monoisotopic (exact) mass is 368 g/mol. The Morgan fingerprint density at radius 2 is 1.59 bits per heavy atom. The van der Waals surface area contributed by atoms with Gasteiger partial charge in [0.05, 0.1) is 25.9 Å². The molecular weight excluding hydrogens is 340 g/mol. The number of ether oxygens (including phenoxy) is 4. The quantitative estimate of drug-likeness (QED) is 0.700. The largest absolute Gasteiger partial charge is 0.374 e. The van der Waals surface area contributed by atoms with Gasteiger partial charge >= 0.3 is 0 Å². The lowest BCUT2D eigenvalue weighted by molar-refractivity contribution is -0.217. The SMILES string of the molecule is CO[C@@H]1O[C@@]2(COCc3ccccc3)C[C@@H](C)[C@@H]1[C@@H]2OCc1ccccc1. The highest BCUT2D eigenvalue weighted by Gasteiger charge is 2.64. The van der Waals surface area contributed by atoms with E-state index >= 15 is 0 Å². The minimum Gasteiger partial charge on any atom is -0.374 e. The Labute approximate surface area is 161 Å². The molecule has 1 heterocycles. The molecule has 0 N–H and O–H groups in total. The molecule has 2 aliphatic rings. The van der Waals surface area contributed by atoms with Crippen molar-refractivity contribution in [2.75, 3.05) is 13.7 Å². The Kier molecular flexibility index (Phi) is 5.60. The first kappa shape index (κ1) is 18.6. The average Bonchev–Trinajstić information content (AvgIpc) is 3.15. The molecule has 2 bridgehead atoms. The summed E-state index contributed by atoms with van der Waals surface area (Å²) >= 11 is 0. The summed E-state index contributed by atoms with van der Waals surface area (Å²) in [6.45, 7) is 3.93. The van der Waals surface area contributed by atoms with Crippen LogP contribution < -0.4 is 0 Å². The first-order chi connectivity index (χ1) is 13.2. The molecule has 1 aliphatic heterocycles. The lowest BCUT2D eigenvalue weighted by Gasteiger charge is -2.33. The van der Waals surface area contributed by atoms with Gasteiger partial charge in [0.1, 0.15) is 5.60 Å². The van der Waals surface area contributed by atoms with E-state index in [0.29, 0.717) is 25.7 Å². The van der Waals surface area contributed by atoms with Gasteiger partial charge in [-0.2, -0.15) is 0 Å². The van der Waals surface area contributed by atoms with Crippen LogP contribution in [0.5, 0.6) is 0 Å². The van der Waals surface area contributed by atoms with Crippen LogP contribution >= 0.6 is 0 Å². The van der Waals surface area contributed by atoms with Crippen LogP contribution in [0.15, 0.2) is 60.7 Å². The zero-order chi connectivity index (χ0) is 18.7. The van der Waals surface area contributed by atoms with Crippen molar-refractivity contribution in [3.05, 3.63) is 71.8 Å². The minimum absolute atomic E-state index is 0.0200. The van der Waals surface area contributed by atoms with Gasteiger partial charge in [0.2, 0.25) is 0 Å². The lowest BCUT2D eigenvalue weighted by atomic mass is 9.96. The minimum atomic E-state index is -0.436. The molecule has 0 aromatic heterocycles. The summed E-state index contributed by atoms with van der Waals surface area (Å²) < 4.78 is 24.5. The second kappa shape index (κ2) is 8.11. The maximum Gasteiger partial charge on any atom is 0.163 e. The van der Waals surface area contributed by atoms with Crippen LogP contribution in [0.3, 0.4) is 0 Å².